The lowest BCUT2D eigenvalue weighted by Gasteiger charge is -1.98. The zero-order valence-electron chi connectivity index (χ0n) is 6.51. The van der Waals surface area contributed by atoms with Gasteiger partial charge in [0.25, 0.3) is 0 Å². The molecule has 0 bridgehead atoms. The Labute approximate surface area is 84.6 Å². The van der Waals surface area contributed by atoms with E-state index in [-0.39, 0.29) is 0 Å². The molecule has 0 aliphatic carbocycles. The lowest BCUT2D eigenvalue weighted by molar-refractivity contribution is 1.44. The van der Waals surface area contributed by atoms with E-state index in [0.29, 0.717) is 16.5 Å². The second-order valence-corrected chi connectivity index (χ2v) is 3.67. The van der Waals surface area contributed by atoms with E-state index in [1.807, 2.05) is 12.1 Å². The van der Waals surface area contributed by atoms with Crippen LogP contribution in [0.4, 0.5) is 5.69 Å². The van der Waals surface area contributed by atoms with Gasteiger partial charge in [-0.3, -0.25) is 0 Å². The maximum Gasteiger partial charge on any atom is 0.0965 e. The molecule has 0 radical (unpaired) electrons. The minimum atomic E-state index is 0.495. The van der Waals surface area contributed by atoms with Crippen LogP contribution in [0.15, 0.2) is 27.7 Å². The topological polar surface area (TPSA) is 38.4 Å². The van der Waals surface area contributed by atoms with Crippen LogP contribution in [0.25, 0.3) is 0 Å². The van der Waals surface area contributed by atoms with Crippen molar-refractivity contribution in [2.75, 3.05) is 0 Å². The Hall–Kier alpha value is -0.540. The summed E-state index contributed by atoms with van der Waals surface area (Å²) in [6.45, 7) is 1.72. The van der Waals surface area contributed by atoms with Crippen molar-refractivity contribution < 1.29 is 0 Å². The first kappa shape index (κ1) is 9.55. The summed E-state index contributed by atoms with van der Waals surface area (Å²) in [6, 6.07) is 5.44. The molecule has 0 aliphatic rings. The molecule has 0 fully saturated rings. The monoisotopic (exact) mass is 246 g/mol. The van der Waals surface area contributed by atoms with Gasteiger partial charge in [0.15, 0.2) is 0 Å². The number of aliphatic imine (C=N–C) groups is 1. The Morgan fingerprint density at radius 3 is 2.83 bits per heavy atom. The lowest BCUT2D eigenvalue weighted by atomic mass is 10.3. The van der Waals surface area contributed by atoms with Crippen LogP contribution in [0, 0.1) is 0 Å². The Kier molecular flexibility index (Phi) is 3.12. The minimum Gasteiger partial charge on any atom is -0.387 e. The fraction of sp³-hybridized carbons (Fsp3) is 0.125. The summed E-state index contributed by atoms with van der Waals surface area (Å²) in [7, 11) is 0. The van der Waals surface area contributed by atoms with Crippen LogP contribution in [-0.2, 0) is 0 Å². The molecule has 1 aromatic carbocycles. The van der Waals surface area contributed by atoms with E-state index >= 15 is 0 Å². The summed E-state index contributed by atoms with van der Waals surface area (Å²) in [5, 5.41) is 0.600. The van der Waals surface area contributed by atoms with E-state index in [1.54, 1.807) is 13.0 Å². The number of nitrogens with two attached hydrogens (primary N) is 1. The molecular formula is C8H8BrClN2. The molecule has 2 N–H and O–H groups in total. The van der Waals surface area contributed by atoms with E-state index in [9.17, 15) is 0 Å². The van der Waals surface area contributed by atoms with Gasteiger partial charge in [-0.1, -0.05) is 27.5 Å². The van der Waals surface area contributed by atoms with Gasteiger partial charge in [0, 0.05) is 4.47 Å². The molecular weight excluding hydrogens is 239 g/mol. The summed E-state index contributed by atoms with van der Waals surface area (Å²) in [5.41, 5.74) is 6.11. The van der Waals surface area contributed by atoms with Gasteiger partial charge in [-0.05, 0) is 25.1 Å². The Morgan fingerprint density at radius 1 is 1.58 bits per heavy atom. The number of amidine groups is 1. The predicted octanol–water partition coefficient (Wildman–Crippen LogP) is 3.11. The smallest absolute Gasteiger partial charge is 0.0965 e. The van der Waals surface area contributed by atoms with Crippen molar-refractivity contribution in [2.24, 2.45) is 10.7 Å². The highest BCUT2D eigenvalue weighted by Gasteiger charge is 1.98. The predicted molar refractivity (Wildman–Crippen MR) is 56.1 cm³/mol. The molecule has 0 heterocycles. The van der Waals surface area contributed by atoms with Gasteiger partial charge in [-0.15, -0.1) is 0 Å². The fourth-order valence-electron chi connectivity index (χ4n) is 0.761. The van der Waals surface area contributed by atoms with Crippen LogP contribution < -0.4 is 5.73 Å². The average Bonchev–Trinajstić information content (AvgIpc) is 1.96. The number of halogens is 2. The van der Waals surface area contributed by atoms with Crippen molar-refractivity contribution >= 4 is 39.1 Å². The normalized spacial score (nSPS) is 11.8. The summed E-state index contributed by atoms with van der Waals surface area (Å²) in [5.74, 6) is 0.495. The molecule has 2 nitrogen and oxygen atoms in total. The number of nitrogens with zero attached hydrogens (tertiary/aromatic N) is 1. The number of benzene rings is 1. The molecule has 0 saturated heterocycles. The Morgan fingerprint density at radius 2 is 2.25 bits per heavy atom. The number of hydrogen-bond acceptors (Lipinski definition) is 1. The molecule has 64 valence electrons. The first-order valence-corrected chi connectivity index (χ1v) is 4.52. The second kappa shape index (κ2) is 3.92. The highest BCUT2D eigenvalue weighted by Crippen LogP contribution is 2.27. The molecule has 0 aromatic heterocycles. The van der Waals surface area contributed by atoms with Gasteiger partial charge in [0.2, 0.25) is 0 Å². The highest BCUT2D eigenvalue weighted by molar-refractivity contribution is 9.10. The number of hydrogen-bond donors (Lipinski definition) is 1. The van der Waals surface area contributed by atoms with Crippen molar-refractivity contribution in [3.63, 3.8) is 0 Å². The Bertz CT molecular complexity index is 319. The summed E-state index contributed by atoms with van der Waals surface area (Å²) >= 11 is 9.17. The third-order valence-electron chi connectivity index (χ3n) is 1.20. The van der Waals surface area contributed by atoms with Crippen molar-refractivity contribution in [3.05, 3.63) is 27.7 Å². The maximum atomic E-state index is 5.86. The van der Waals surface area contributed by atoms with E-state index in [1.165, 1.54) is 0 Å². The third kappa shape index (κ3) is 2.50. The average molecular weight is 248 g/mol. The van der Waals surface area contributed by atoms with Crippen LogP contribution in [0.3, 0.4) is 0 Å². The van der Waals surface area contributed by atoms with E-state index in [4.69, 9.17) is 17.3 Å². The lowest BCUT2D eigenvalue weighted by Crippen LogP contribution is -2.03. The summed E-state index contributed by atoms with van der Waals surface area (Å²) in [4.78, 5) is 4.05. The Balaban J connectivity index is 3.14. The van der Waals surface area contributed by atoms with Gasteiger partial charge < -0.3 is 5.73 Å². The number of rotatable bonds is 1. The first-order valence-electron chi connectivity index (χ1n) is 3.35. The maximum absolute atomic E-state index is 5.86. The molecule has 12 heavy (non-hydrogen) atoms. The van der Waals surface area contributed by atoms with Gasteiger partial charge in [0.1, 0.15) is 0 Å². The van der Waals surface area contributed by atoms with Crippen molar-refractivity contribution in [1.29, 1.82) is 0 Å². The van der Waals surface area contributed by atoms with E-state index in [2.05, 4.69) is 20.9 Å². The van der Waals surface area contributed by atoms with E-state index < -0.39 is 0 Å². The SMILES string of the molecule is CC(N)=Nc1cc(Br)ccc1Cl. The van der Waals surface area contributed by atoms with Crippen LogP contribution in [0.5, 0.6) is 0 Å². The van der Waals surface area contributed by atoms with Crippen molar-refractivity contribution in [3.8, 4) is 0 Å². The standard InChI is InChI=1S/C8H8BrClN2/c1-5(11)12-8-4-6(9)2-3-7(8)10/h2-4H,1H3,(H2,11,12). The summed E-state index contributed by atoms with van der Waals surface area (Å²) in [6.07, 6.45) is 0. The van der Waals surface area contributed by atoms with Crippen molar-refractivity contribution in [2.45, 2.75) is 6.92 Å². The zero-order valence-corrected chi connectivity index (χ0v) is 8.85. The van der Waals surface area contributed by atoms with Crippen LogP contribution in [0.1, 0.15) is 6.92 Å². The first-order chi connectivity index (χ1) is 5.59. The van der Waals surface area contributed by atoms with Crippen LogP contribution >= 0.6 is 27.5 Å². The summed E-state index contributed by atoms with van der Waals surface area (Å²) < 4.78 is 0.937. The van der Waals surface area contributed by atoms with Crippen LogP contribution in [0.2, 0.25) is 5.02 Å². The fourth-order valence-corrected chi connectivity index (χ4v) is 1.27. The second-order valence-electron chi connectivity index (χ2n) is 2.35. The molecule has 4 heteroatoms. The molecule has 0 saturated carbocycles. The van der Waals surface area contributed by atoms with E-state index in [0.717, 1.165) is 4.47 Å². The van der Waals surface area contributed by atoms with Gasteiger partial charge in [-0.2, -0.15) is 0 Å². The molecule has 0 amide bonds. The van der Waals surface area contributed by atoms with Crippen molar-refractivity contribution in [1.82, 2.24) is 0 Å². The van der Waals surface area contributed by atoms with Gasteiger partial charge in [-0.25, -0.2) is 4.99 Å². The van der Waals surface area contributed by atoms with Gasteiger partial charge in [0.05, 0.1) is 16.5 Å². The highest BCUT2D eigenvalue weighted by atomic mass is 79.9. The molecule has 0 aliphatic heterocycles. The quantitative estimate of drug-likeness (QED) is 0.601. The molecule has 1 aromatic rings. The van der Waals surface area contributed by atoms with Crippen LogP contribution in [-0.4, -0.2) is 5.84 Å². The largest absolute Gasteiger partial charge is 0.387 e. The third-order valence-corrected chi connectivity index (χ3v) is 2.02. The minimum absolute atomic E-state index is 0.495. The molecule has 0 atom stereocenters. The molecule has 0 spiro atoms. The molecule has 0 unspecified atom stereocenters. The van der Waals surface area contributed by atoms with Gasteiger partial charge >= 0.3 is 0 Å². The zero-order chi connectivity index (χ0) is 9.14. The molecule has 1 rings (SSSR count).